The molecule has 0 bridgehead atoms. The van der Waals surface area contributed by atoms with Crippen molar-refractivity contribution >= 4 is 23.1 Å². The second-order valence-corrected chi connectivity index (χ2v) is 8.26. The maximum Gasteiger partial charge on any atom is 0.295 e. The lowest BCUT2D eigenvalue weighted by atomic mass is 9.95. The third-order valence-electron chi connectivity index (χ3n) is 5.49. The van der Waals surface area contributed by atoms with Crippen molar-refractivity contribution in [3.8, 4) is 5.75 Å². The molecule has 34 heavy (non-hydrogen) atoms. The molecule has 0 aliphatic carbocycles. The van der Waals surface area contributed by atoms with Crippen LogP contribution in [0.25, 0.3) is 5.76 Å². The number of nitrogens with one attached hydrogen (secondary N) is 1. The van der Waals surface area contributed by atoms with Crippen LogP contribution >= 0.6 is 0 Å². The molecule has 3 rings (SSSR count). The number of hydrogen-bond donors (Lipinski definition) is 1. The number of nitro groups is 1. The summed E-state index contributed by atoms with van der Waals surface area (Å²) in [6.45, 7) is 4.87. The molecule has 1 fully saturated rings. The van der Waals surface area contributed by atoms with Crippen molar-refractivity contribution in [3.63, 3.8) is 0 Å². The van der Waals surface area contributed by atoms with Gasteiger partial charge in [-0.05, 0) is 23.3 Å². The summed E-state index contributed by atoms with van der Waals surface area (Å²) in [6, 6.07) is 10.9. The van der Waals surface area contributed by atoms with Gasteiger partial charge in [0.2, 0.25) is 5.78 Å². The molecule has 9 heteroatoms. The van der Waals surface area contributed by atoms with E-state index >= 15 is 0 Å². The third-order valence-corrected chi connectivity index (χ3v) is 5.49. The number of carbonyl (C=O) groups is 2. The minimum absolute atomic E-state index is 0.183. The number of nitro benzene ring substituents is 1. The van der Waals surface area contributed by atoms with Gasteiger partial charge in [-0.15, -0.1) is 0 Å². The van der Waals surface area contributed by atoms with Crippen LogP contribution in [0.4, 0.5) is 5.69 Å². The maximum absolute atomic E-state index is 13.4. The Morgan fingerprint density at radius 1 is 1.21 bits per heavy atom. The predicted octanol–water partition coefficient (Wildman–Crippen LogP) is 0.918. The molecule has 0 aromatic heterocycles. The van der Waals surface area contributed by atoms with Gasteiger partial charge < -0.3 is 19.6 Å². The van der Waals surface area contributed by atoms with Crippen molar-refractivity contribution in [1.29, 1.82) is 0 Å². The van der Waals surface area contributed by atoms with Crippen LogP contribution in [0.2, 0.25) is 0 Å². The molecule has 1 aliphatic heterocycles. The van der Waals surface area contributed by atoms with E-state index < -0.39 is 28.4 Å². The molecular formula is C25H27N3O6. The van der Waals surface area contributed by atoms with E-state index in [1.54, 1.807) is 24.3 Å². The molecule has 1 heterocycles. The number of non-ortho nitro benzene ring substituents is 1. The number of likely N-dealkylation sites (tertiary alicyclic amines) is 1. The summed E-state index contributed by atoms with van der Waals surface area (Å²) < 4.78 is 5.43. The van der Waals surface area contributed by atoms with Crippen molar-refractivity contribution in [3.05, 3.63) is 88.0 Å². The van der Waals surface area contributed by atoms with Gasteiger partial charge in [-0.3, -0.25) is 19.7 Å². The molecule has 0 saturated carbocycles. The normalized spacial score (nSPS) is 17.3. The molecule has 0 spiro atoms. The standard InChI is InChI=1S/C25H27N3O6/c1-4-15-34-20-11-9-17(10-12-20)23(29)21-22(18-7-5-8-19(16-18)28(32)33)27(25(31)24(21)30)14-6-13-26(2)3/h4-5,7-12,16,22,29H,1,6,13-15H2,2-3H3/b23-21+. The fourth-order valence-corrected chi connectivity index (χ4v) is 3.87. The van der Waals surface area contributed by atoms with Gasteiger partial charge >= 0.3 is 0 Å². The summed E-state index contributed by atoms with van der Waals surface area (Å²) >= 11 is 0. The molecule has 9 nitrogen and oxygen atoms in total. The van der Waals surface area contributed by atoms with E-state index in [9.17, 15) is 24.8 Å². The summed E-state index contributed by atoms with van der Waals surface area (Å²) in [5, 5.41) is 24.8. The van der Waals surface area contributed by atoms with Crippen LogP contribution in [0, 0.1) is 10.1 Å². The fourth-order valence-electron chi connectivity index (χ4n) is 3.87. The van der Waals surface area contributed by atoms with E-state index in [0.29, 0.717) is 24.3 Å². The van der Waals surface area contributed by atoms with Crippen molar-refractivity contribution in [1.82, 2.24) is 4.90 Å². The van der Waals surface area contributed by atoms with Gasteiger partial charge in [0, 0.05) is 30.7 Å². The molecular weight excluding hydrogens is 438 g/mol. The predicted molar refractivity (Wildman–Crippen MR) is 124 cm³/mol. The van der Waals surface area contributed by atoms with Gasteiger partial charge in [-0.1, -0.05) is 42.7 Å². The Labute approximate surface area is 197 Å². The summed E-state index contributed by atoms with van der Waals surface area (Å²) in [5.41, 5.74) is 0.178. The molecule has 178 valence electrons. The SMILES string of the molecule is C=CCOc1ccc(/C([O-])=C2\C(=O)C(=O)N(CCC[NH+](C)C)C2c2cccc([N+](=O)[O-])c2)cc1. The lowest BCUT2D eigenvalue weighted by Gasteiger charge is -2.27. The van der Waals surface area contributed by atoms with Gasteiger partial charge in [0.25, 0.3) is 11.6 Å². The first-order valence-corrected chi connectivity index (χ1v) is 10.9. The number of nitrogens with zero attached hydrogens (tertiary/aromatic N) is 2. The van der Waals surface area contributed by atoms with Crippen molar-refractivity contribution in [2.24, 2.45) is 0 Å². The Kier molecular flexibility index (Phi) is 7.80. The Morgan fingerprint density at radius 2 is 1.91 bits per heavy atom. The Bertz CT molecular complexity index is 1120. The minimum atomic E-state index is -0.999. The van der Waals surface area contributed by atoms with Crippen molar-refractivity contribution in [2.75, 3.05) is 33.8 Å². The highest BCUT2D eigenvalue weighted by Gasteiger charge is 2.44. The first kappa shape index (κ1) is 24.7. The van der Waals surface area contributed by atoms with Gasteiger partial charge in [0.05, 0.1) is 31.6 Å². The molecule has 2 aromatic rings. The van der Waals surface area contributed by atoms with E-state index in [0.717, 1.165) is 6.54 Å². The third kappa shape index (κ3) is 5.32. The summed E-state index contributed by atoms with van der Waals surface area (Å²) in [4.78, 5) is 39.2. The van der Waals surface area contributed by atoms with Crippen LogP contribution in [-0.4, -0.2) is 55.3 Å². The number of benzene rings is 2. The van der Waals surface area contributed by atoms with Crippen LogP contribution in [-0.2, 0) is 9.59 Å². The lowest BCUT2D eigenvalue weighted by Crippen LogP contribution is -3.05. The minimum Gasteiger partial charge on any atom is -0.872 e. The molecule has 1 unspecified atom stereocenters. The summed E-state index contributed by atoms with van der Waals surface area (Å²) in [6.07, 6.45) is 2.19. The molecule has 1 saturated heterocycles. The van der Waals surface area contributed by atoms with E-state index in [1.165, 1.54) is 40.1 Å². The van der Waals surface area contributed by atoms with Gasteiger partial charge in [0.1, 0.15) is 12.4 Å². The van der Waals surface area contributed by atoms with Crippen LogP contribution < -0.4 is 14.7 Å². The van der Waals surface area contributed by atoms with Crippen LogP contribution in [0.5, 0.6) is 5.75 Å². The second-order valence-electron chi connectivity index (χ2n) is 8.26. The van der Waals surface area contributed by atoms with Gasteiger partial charge in [-0.25, -0.2) is 0 Å². The summed E-state index contributed by atoms with van der Waals surface area (Å²) in [5.74, 6) is -1.73. The van der Waals surface area contributed by atoms with Crippen LogP contribution in [0.3, 0.4) is 0 Å². The van der Waals surface area contributed by atoms with E-state index in [2.05, 4.69) is 6.58 Å². The average Bonchev–Trinajstić information content (AvgIpc) is 3.07. The highest BCUT2D eigenvalue weighted by atomic mass is 16.6. The number of rotatable bonds is 10. The van der Waals surface area contributed by atoms with E-state index in [4.69, 9.17) is 4.74 Å². The molecule has 1 atom stereocenters. The quantitative estimate of drug-likeness (QED) is 0.139. The highest BCUT2D eigenvalue weighted by Crippen LogP contribution is 2.39. The summed E-state index contributed by atoms with van der Waals surface area (Å²) in [7, 11) is 3.94. The Balaban J connectivity index is 2.07. The topological polar surface area (TPSA) is 117 Å². The fraction of sp³-hybridized carbons (Fsp3) is 0.280. The number of quaternary nitrogens is 1. The van der Waals surface area contributed by atoms with Crippen LogP contribution in [0.1, 0.15) is 23.6 Å². The highest BCUT2D eigenvalue weighted by molar-refractivity contribution is 6.46. The largest absolute Gasteiger partial charge is 0.872 e. The Morgan fingerprint density at radius 3 is 2.53 bits per heavy atom. The number of carbonyl (C=O) groups excluding carboxylic acids is 2. The lowest BCUT2D eigenvalue weighted by molar-refractivity contribution is -0.858. The molecule has 1 aliphatic rings. The Hall–Kier alpha value is -3.98. The van der Waals surface area contributed by atoms with Crippen LogP contribution in [0.15, 0.2) is 66.8 Å². The molecule has 0 radical (unpaired) electrons. The first-order valence-electron chi connectivity index (χ1n) is 10.9. The number of Topliss-reactive ketones (excluding diaryl/α,β-unsaturated/α-hetero) is 1. The zero-order chi connectivity index (χ0) is 24.8. The van der Waals surface area contributed by atoms with E-state index in [-0.39, 0.29) is 23.4 Å². The zero-order valence-electron chi connectivity index (χ0n) is 19.2. The number of ketones is 1. The van der Waals surface area contributed by atoms with Crippen molar-refractivity contribution in [2.45, 2.75) is 12.5 Å². The molecule has 1 N–H and O–H groups in total. The number of ether oxygens (including phenoxy) is 1. The van der Waals surface area contributed by atoms with Gasteiger partial charge in [-0.2, -0.15) is 0 Å². The molecule has 1 amide bonds. The monoisotopic (exact) mass is 465 g/mol. The van der Waals surface area contributed by atoms with Gasteiger partial charge in [0.15, 0.2) is 0 Å². The number of amides is 1. The zero-order valence-corrected chi connectivity index (χ0v) is 19.2. The first-order chi connectivity index (χ1) is 16.2. The maximum atomic E-state index is 13.4. The van der Waals surface area contributed by atoms with Crippen molar-refractivity contribution < 1.29 is 29.3 Å². The number of hydrogen-bond acceptors (Lipinski definition) is 6. The smallest absolute Gasteiger partial charge is 0.295 e. The average molecular weight is 466 g/mol. The second kappa shape index (κ2) is 10.8. The molecule has 2 aromatic carbocycles. The van der Waals surface area contributed by atoms with E-state index in [1.807, 2.05) is 14.1 Å².